The van der Waals surface area contributed by atoms with Gasteiger partial charge in [0.15, 0.2) is 11.5 Å². The van der Waals surface area contributed by atoms with Crippen molar-refractivity contribution in [3.63, 3.8) is 0 Å². The second-order valence-electron chi connectivity index (χ2n) is 8.26. The van der Waals surface area contributed by atoms with Gasteiger partial charge in [0.05, 0.1) is 33.8 Å². The maximum absolute atomic E-state index is 13.1. The lowest BCUT2D eigenvalue weighted by atomic mass is 10.1. The van der Waals surface area contributed by atoms with E-state index in [0.29, 0.717) is 24.5 Å². The molecule has 2 saturated heterocycles. The van der Waals surface area contributed by atoms with E-state index in [0.717, 1.165) is 43.2 Å². The Morgan fingerprint density at radius 2 is 1.55 bits per heavy atom. The maximum atomic E-state index is 13.1. The first-order chi connectivity index (χ1) is 16.0. The van der Waals surface area contributed by atoms with Crippen LogP contribution in [0.15, 0.2) is 42.5 Å². The fraction of sp³-hybridized carbons (Fsp3) is 0.440. The number of amides is 2. The van der Waals surface area contributed by atoms with Gasteiger partial charge in [0, 0.05) is 38.4 Å². The summed E-state index contributed by atoms with van der Waals surface area (Å²) >= 11 is 0. The number of piperazine rings is 1. The lowest BCUT2D eigenvalue weighted by Crippen LogP contribution is -2.52. The Hall–Kier alpha value is -3.26. The lowest BCUT2D eigenvalue weighted by Gasteiger charge is -2.38. The van der Waals surface area contributed by atoms with Crippen LogP contribution in [0.3, 0.4) is 0 Å². The van der Waals surface area contributed by atoms with Gasteiger partial charge in [0.25, 0.3) is 0 Å². The SMILES string of the molecule is COc1ccc(N2CCN([C@H]3CC(=O)N(CCc4ccc(OC)c(OC)c4)C3=O)CC2)cc1. The molecular formula is C25H31N3O5. The summed E-state index contributed by atoms with van der Waals surface area (Å²) in [7, 11) is 4.84. The molecule has 0 aliphatic carbocycles. The minimum atomic E-state index is -0.360. The van der Waals surface area contributed by atoms with Crippen LogP contribution in [-0.4, -0.2) is 81.7 Å². The number of rotatable bonds is 8. The first-order valence-electron chi connectivity index (χ1n) is 11.2. The molecule has 2 aliphatic heterocycles. The monoisotopic (exact) mass is 453 g/mol. The highest BCUT2D eigenvalue weighted by molar-refractivity contribution is 6.05. The number of imide groups is 1. The summed E-state index contributed by atoms with van der Waals surface area (Å²) in [4.78, 5) is 31.6. The van der Waals surface area contributed by atoms with Crippen molar-refractivity contribution in [2.45, 2.75) is 18.9 Å². The highest BCUT2D eigenvalue weighted by Gasteiger charge is 2.42. The predicted molar refractivity (Wildman–Crippen MR) is 125 cm³/mol. The van der Waals surface area contributed by atoms with E-state index in [1.165, 1.54) is 4.90 Å². The molecule has 4 rings (SSSR count). The number of carbonyl (C=O) groups is 2. The largest absolute Gasteiger partial charge is 0.497 e. The molecule has 0 aromatic heterocycles. The molecule has 0 bridgehead atoms. The van der Waals surface area contributed by atoms with E-state index in [1.807, 2.05) is 30.3 Å². The first kappa shape index (κ1) is 22.9. The van der Waals surface area contributed by atoms with E-state index in [-0.39, 0.29) is 24.3 Å². The van der Waals surface area contributed by atoms with Crippen molar-refractivity contribution in [1.29, 1.82) is 0 Å². The number of methoxy groups -OCH3 is 3. The molecule has 0 saturated carbocycles. The molecule has 2 aliphatic rings. The summed E-state index contributed by atoms with van der Waals surface area (Å²) in [5.41, 5.74) is 2.13. The summed E-state index contributed by atoms with van der Waals surface area (Å²) in [5.74, 6) is 1.95. The Morgan fingerprint density at radius 1 is 0.848 bits per heavy atom. The van der Waals surface area contributed by atoms with Gasteiger partial charge in [0.2, 0.25) is 11.8 Å². The zero-order valence-corrected chi connectivity index (χ0v) is 19.5. The van der Waals surface area contributed by atoms with Crippen molar-refractivity contribution >= 4 is 17.5 Å². The Bertz CT molecular complexity index is 986. The van der Waals surface area contributed by atoms with Crippen LogP contribution in [0, 0.1) is 0 Å². The molecule has 33 heavy (non-hydrogen) atoms. The zero-order chi connectivity index (χ0) is 23.4. The topological polar surface area (TPSA) is 71.6 Å². The Kier molecular flexibility index (Phi) is 7.03. The summed E-state index contributed by atoms with van der Waals surface area (Å²) in [6.07, 6.45) is 0.836. The average molecular weight is 454 g/mol. The van der Waals surface area contributed by atoms with Gasteiger partial charge < -0.3 is 19.1 Å². The Morgan fingerprint density at radius 3 is 2.18 bits per heavy atom. The second-order valence-corrected chi connectivity index (χ2v) is 8.26. The molecule has 2 amide bonds. The number of nitrogens with zero attached hydrogens (tertiary/aromatic N) is 3. The van der Waals surface area contributed by atoms with E-state index in [2.05, 4.69) is 21.9 Å². The predicted octanol–water partition coefficient (Wildman–Crippen LogP) is 2.20. The number of carbonyl (C=O) groups excluding carboxylic acids is 2. The maximum Gasteiger partial charge on any atom is 0.247 e. The molecule has 8 nitrogen and oxygen atoms in total. The molecule has 2 aromatic carbocycles. The van der Waals surface area contributed by atoms with Gasteiger partial charge in [-0.2, -0.15) is 0 Å². The van der Waals surface area contributed by atoms with Crippen LogP contribution < -0.4 is 19.1 Å². The van der Waals surface area contributed by atoms with Gasteiger partial charge >= 0.3 is 0 Å². The van der Waals surface area contributed by atoms with Crippen LogP contribution >= 0.6 is 0 Å². The third-order valence-electron chi connectivity index (χ3n) is 6.48. The fourth-order valence-electron chi connectivity index (χ4n) is 4.55. The summed E-state index contributed by atoms with van der Waals surface area (Å²) in [6, 6.07) is 13.3. The smallest absolute Gasteiger partial charge is 0.247 e. The molecule has 1 atom stereocenters. The highest BCUT2D eigenvalue weighted by Crippen LogP contribution is 2.28. The Labute approximate surface area is 194 Å². The minimum absolute atomic E-state index is 0.0848. The molecule has 2 aromatic rings. The van der Waals surface area contributed by atoms with Crippen LogP contribution in [0.1, 0.15) is 12.0 Å². The average Bonchev–Trinajstić information content (AvgIpc) is 3.15. The van der Waals surface area contributed by atoms with Crippen molar-refractivity contribution in [3.05, 3.63) is 48.0 Å². The van der Waals surface area contributed by atoms with Gasteiger partial charge in [-0.25, -0.2) is 0 Å². The third-order valence-corrected chi connectivity index (χ3v) is 6.48. The zero-order valence-electron chi connectivity index (χ0n) is 19.5. The number of likely N-dealkylation sites (tertiary alicyclic amines) is 1. The second kappa shape index (κ2) is 10.1. The van der Waals surface area contributed by atoms with Crippen LogP contribution in [0.2, 0.25) is 0 Å². The van der Waals surface area contributed by atoms with E-state index in [9.17, 15) is 9.59 Å². The van der Waals surface area contributed by atoms with Gasteiger partial charge in [0.1, 0.15) is 5.75 Å². The number of benzene rings is 2. The molecule has 0 radical (unpaired) electrons. The summed E-state index contributed by atoms with van der Waals surface area (Å²) < 4.78 is 15.9. The first-order valence-corrected chi connectivity index (χ1v) is 11.2. The van der Waals surface area contributed by atoms with Gasteiger partial charge in [-0.1, -0.05) is 6.07 Å². The minimum Gasteiger partial charge on any atom is -0.497 e. The van der Waals surface area contributed by atoms with Gasteiger partial charge in [-0.15, -0.1) is 0 Å². The summed E-state index contributed by atoms with van der Waals surface area (Å²) in [5, 5.41) is 0. The summed E-state index contributed by atoms with van der Waals surface area (Å²) in [6.45, 7) is 3.50. The van der Waals surface area contributed by atoms with Gasteiger partial charge in [-0.05, 0) is 48.4 Å². The molecule has 0 N–H and O–H groups in total. The molecule has 8 heteroatoms. The van der Waals surface area contributed by atoms with E-state index in [1.54, 1.807) is 21.3 Å². The van der Waals surface area contributed by atoms with Crippen LogP contribution in [0.4, 0.5) is 5.69 Å². The standard InChI is InChI=1S/C25H31N3O5/c1-31-20-7-5-19(6-8-20)26-12-14-27(15-13-26)21-17-24(29)28(25(21)30)11-10-18-4-9-22(32-2)23(16-18)33-3/h4-9,16,21H,10-15,17H2,1-3H3/t21-/m0/s1. The van der Waals surface area contributed by atoms with Crippen molar-refractivity contribution in [1.82, 2.24) is 9.80 Å². The van der Waals surface area contributed by atoms with Crippen molar-refractivity contribution in [3.8, 4) is 17.2 Å². The quantitative estimate of drug-likeness (QED) is 0.568. The number of hydrogen-bond donors (Lipinski definition) is 0. The van der Waals surface area contributed by atoms with Crippen molar-refractivity contribution < 1.29 is 23.8 Å². The van der Waals surface area contributed by atoms with E-state index < -0.39 is 0 Å². The lowest BCUT2D eigenvalue weighted by molar-refractivity contribution is -0.139. The van der Waals surface area contributed by atoms with Crippen molar-refractivity contribution in [2.24, 2.45) is 0 Å². The van der Waals surface area contributed by atoms with Gasteiger partial charge in [-0.3, -0.25) is 19.4 Å². The van der Waals surface area contributed by atoms with Crippen LogP contribution in [-0.2, 0) is 16.0 Å². The molecule has 176 valence electrons. The molecule has 2 fully saturated rings. The normalized spacial score (nSPS) is 19.2. The fourth-order valence-corrected chi connectivity index (χ4v) is 4.55. The Balaban J connectivity index is 1.33. The molecular weight excluding hydrogens is 422 g/mol. The molecule has 0 unspecified atom stereocenters. The van der Waals surface area contributed by atoms with E-state index in [4.69, 9.17) is 14.2 Å². The number of anilines is 1. The van der Waals surface area contributed by atoms with Crippen LogP contribution in [0.5, 0.6) is 17.2 Å². The van der Waals surface area contributed by atoms with Crippen molar-refractivity contribution in [2.75, 3.05) is 59.0 Å². The van der Waals surface area contributed by atoms with Crippen LogP contribution in [0.25, 0.3) is 0 Å². The molecule has 0 spiro atoms. The number of ether oxygens (including phenoxy) is 3. The molecule has 2 heterocycles. The number of hydrogen-bond acceptors (Lipinski definition) is 7. The van der Waals surface area contributed by atoms with E-state index >= 15 is 0 Å². The third kappa shape index (κ3) is 4.90. The highest BCUT2D eigenvalue weighted by atomic mass is 16.5.